The van der Waals surface area contributed by atoms with Crippen molar-refractivity contribution in [2.45, 2.75) is 6.04 Å². The van der Waals surface area contributed by atoms with E-state index in [0.29, 0.717) is 0 Å². The van der Waals surface area contributed by atoms with Gasteiger partial charge in [0.2, 0.25) is 0 Å². The van der Waals surface area contributed by atoms with Crippen LogP contribution in [0.4, 0.5) is 5.69 Å². The molecule has 0 aliphatic carbocycles. The fraction of sp³-hybridized carbons (Fsp3) is 0.231. The second-order valence-electron chi connectivity index (χ2n) is 4.13. The van der Waals surface area contributed by atoms with Crippen LogP contribution in [0, 0.1) is 0 Å². The van der Waals surface area contributed by atoms with Gasteiger partial charge in [-0.2, -0.15) is 0 Å². The summed E-state index contributed by atoms with van der Waals surface area (Å²) >= 11 is 0. The quantitative estimate of drug-likeness (QED) is 0.731. The molecule has 17 heavy (non-hydrogen) atoms. The van der Waals surface area contributed by atoms with Crippen LogP contribution >= 0.6 is 0 Å². The van der Waals surface area contributed by atoms with Gasteiger partial charge in [-0.25, -0.2) is 4.99 Å². The highest BCUT2D eigenvalue weighted by Gasteiger charge is 2.37. The summed E-state index contributed by atoms with van der Waals surface area (Å²) in [6.45, 7) is 0. The van der Waals surface area contributed by atoms with E-state index in [1.54, 1.807) is 13.3 Å². The van der Waals surface area contributed by atoms with E-state index in [1.165, 1.54) is 0 Å². The van der Waals surface area contributed by atoms with Crippen molar-refractivity contribution < 1.29 is 9.53 Å². The van der Waals surface area contributed by atoms with E-state index >= 15 is 0 Å². The Morgan fingerprint density at radius 3 is 3.00 bits per heavy atom. The van der Waals surface area contributed by atoms with Crippen LogP contribution < -0.4 is 9.64 Å². The van der Waals surface area contributed by atoms with Gasteiger partial charge in [0.05, 0.1) is 7.11 Å². The van der Waals surface area contributed by atoms with Crippen LogP contribution in [0.25, 0.3) is 5.57 Å². The zero-order chi connectivity index (χ0) is 12.0. The van der Waals surface area contributed by atoms with Gasteiger partial charge in [-0.3, -0.25) is 4.79 Å². The first-order valence-electron chi connectivity index (χ1n) is 5.41. The Kier molecular flexibility index (Phi) is 2.04. The van der Waals surface area contributed by atoms with Crippen LogP contribution in [-0.2, 0) is 4.79 Å². The number of benzene rings is 1. The molecule has 3 rings (SSSR count). The van der Waals surface area contributed by atoms with Gasteiger partial charge in [-0.1, -0.05) is 0 Å². The number of ether oxygens (including phenoxy) is 1. The molecule has 0 spiro atoms. The van der Waals surface area contributed by atoms with Gasteiger partial charge in [0.15, 0.2) is 0 Å². The zero-order valence-electron chi connectivity index (χ0n) is 9.68. The van der Waals surface area contributed by atoms with Gasteiger partial charge in [0.25, 0.3) is 5.91 Å². The number of amides is 1. The third-order valence-corrected chi connectivity index (χ3v) is 3.27. The molecule has 2 aliphatic heterocycles. The number of hydrogen-bond donors (Lipinski definition) is 0. The minimum Gasteiger partial charge on any atom is -0.497 e. The topological polar surface area (TPSA) is 41.9 Å². The molecule has 1 amide bonds. The van der Waals surface area contributed by atoms with Crippen LogP contribution in [0.1, 0.15) is 5.56 Å². The minimum absolute atomic E-state index is 0.111. The number of nitrogens with zero attached hydrogens (tertiary/aromatic N) is 2. The third-order valence-electron chi connectivity index (χ3n) is 3.27. The molecule has 1 aromatic rings. The summed E-state index contributed by atoms with van der Waals surface area (Å²) in [7, 11) is 3.55. The number of aliphatic imine (C=N–C) groups is 1. The summed E-state index contributed by atoms with van der Waals surface area (Å²) in [6, 6.07) is 5.56. The lowest BCUT2D eigenvalue weighted by atomic mass is 10.00. The lowest BCUT2D eigenvalue weighted by Crippen LogP contribution is -2.35. The van der Waals surface area contributed by atoms with E-state index in [4.69, 9.17) is 4.74 Å². The SMILES string of the molecule is COc1ccc2c(c1)C1=CC=NC(=O)C1N2C. The van der Waals surface area contributed by atoms with E-state index in [9.17, 15) is 4.79 Å². The maximum absolute atomic E-state index is 11.8. The molecule has 4 heteroatoms. The van der Waals surface area contributed by atoms with Crippen molar-refractivity contribution in [3.63, 3.8) is 0 Å². The van der Waals surface area contributed by atoms with Gasteiger partial charge >= 0.3 is 0 Å². The first kappa shape index (κ1) is 10.1. The highest BCUT2D eigenvalue weighted by atomic mass is 16.5. The molecule has 0 fully saturated rings. The van der Waals surface area contributed by atoms with Crippen molar-refractivity contribution in [1.29, 1.82) is 0 Å². The van der Waals surface area contributed by atoms with Crippen LogP contribution in [0.3, 0.4) is 0 Å². The molecule has 1 unspecified atom stereocenters. The fourth-order valence-corrected chi connectivity index (χ4v) is 2.42. The highest BCUT2D eigenvalue weighted by Crippen LogP contribution is 2.42. The zero-order valence-corrected chi connectivity index (χ0v) is 9.68. The number of rotatable bonds is 1. The lowest BCUT2D eigenvalue weighted by molar-refractivity contribution is -0.117. The maximum atomic E-state index is 11.8. The van der Waals surface area contributed by atoms with Gasteiger partial charge in [0, 0.05) is 24.5 Å². The largest absolute Gasteiger partial charge is 0.497 e. The normalized spacial score (nSPS) is 21.1. The van der Waals surface area contributed by atoms with Gasteiger partial charge in [-0.05, 0) is 29.8 Å². The molecule has 0 N–H and O–H groups in total. The van der Waals surface area contributed by atoms with Crippen molar-refractivity contribution in [3.05, 3.63) is 29.8 Å². The number of carbonyl (C=O) groups is 1. The van der Waals surface area contributed by atoms with Crippen molar-refractivity contribution in [2.75, 3.05) is 19.1 Å². The number of methoxy groups -OCH3 is 1. The molecule has 1 aromatic carbocycles. The molecule has 0 radical (unpaired) electrons. The van der Waals surface area contributed by atoms with E-state index in [2.05, 4.69) is 4.99 Å². The molecular formula is C13H12N2O2. The Balaban J connectivity index is 2.19. The molecule has 0 aromatic heterocycles. The van der Waals surface area contributed by atoms with Gasteiger partial charge in [0.1, 0.15) is 11.8 Å². The number of anilines is 1. The monoisotopic (exact) mass is 228 g/mol. The summed E-state index contributed by atoms with van der Waals surface area (Å²) < 4.78 is 5.22. The Morgan fingerprint density at radius 2 is 2.24 bits per heavy atom. The predicted octanol–water partition coefficient (Wildman–Crippen LogP) is 1.51. The van der Waals surface area contributed by atoms with E-state index in [1.807, 2.05) is 36.2 Å². The molecule has 2 aliphatic rings. The van der Waals surface area contributed by atoms with Crippen molar-refractivity contribution in [2.24, 2.45) is 4.99 Å². The number of allylic oxidation sites excluding steroid dienone is 1. The predicted molar refractivity (Wildman–Crippen MR) is 66.7 cm³/mol. The Morgan fingerprint density at radius 1 is 1.41 bits per heavy atom. The third kappa shape index (κ3) is 1.30. The second kappa shape index (κ2) is 3.45. The molecule has 0 saturated heterocycles. The average Bonchev–Trinajstić information content (AvgIpc) is 2.64. The first-order chi connectivity index (χ1) is 8.22. The summed E-state index contributed by atoms with van der Waals surface area (Å²) in [5.41, 5.74) is 3.10. The minimum atomic E-state index is -0.276. The molecule has 4 nitrogen and oxygen atoms in total. The first-order valence-corrected chi connectivity index (χ1v) is 5.41. The molecule has 1 atom stereocenters. The van der Waals surface area contributed by atoms with Crippen LogP contribution in [0.15, 0.2) is 29.3 Å². The lowest BCUT2D eigenvalue weighted by Gasteiger charge is -2.21. The van der Waals surface area contributed by atoms with Crippen molar-refractivity contribution in [3.8, 4) is 5.75 Å². The van der Waals surface area contributed by atoms with Crippen molar-refractivity contribution in [1.82, 2.24) is 0 Å². The number of fused-ring (bicyclic) bond motifs is 3. The molecular weight excluding hydrogens is 216 g/mol. The highest BCUT2D eigenvalue weighted by molar-refractivity contribution is 6.13. The Labute approximate surface area is 99.2 Å². The van der Waals surface area contributed by atoms with E-state index < -0.39 is 0 Å². The van der Waals surface area contributed by atoms with E-state index in [0.717, 1.165) is 22.6 Å². The Hall–Kier alpha value is -2.10. The van der Waals surface area contributed by atoms with Gasteiger partial charge < -0.3 is 9.64 Å². The maximum Gasteiger partial charge on any atom is 0.272 e. The smallest absolute Gasteiger partial charge is 0.272 e. The van der Waals surface area contributed by atoms with Crippen LogP contribution in [0.5, 0.6) is 5.75 Å². The van der Waals surface area contributed by atoms with E-state index in [-0.39, 0.29) is 11.9 Å². The molecule has 0 saturated carbocycles. The number of likely N-dealkylation sites (N-methyl/N-ethyl adjacent to an activating group) is 1. The van der Waals surface area contributed by atoms with Gasteiger partial charge in [-0.15, -0.1) is 0 Å². The standard InChI is InChI=1S/C13H12N2O2/c1-15-11-4-3-8(17-2)7-10(11)9-5-6-14-13(16)12(9)15/h3-7,12H,1-2H3. The summed E-state index contributed by atoms with van der Waals surface area (Å²) in [5, 5.41) is 0. The summed E-state index contributed by atoms with van der Waals surface area (Å²) in [4.78, 5) is 17.6. The summed E-state index contributed by atoms with van der Waals surface area (Å²) in [5.74, 6) is 0.689. The average molecular weight is 228 g/mol. The molecule has 86 valence electrons. The number of carbonyl (C=O) groups excluding carboxylic acids is 1. The van der Waals surface area contributed by atoms with Crippen LogP contribution in [-0.4, -0.2) is 32.3 Å². The summed E-state index contributed by atoms with van der Waals surface area (Å²) in [6.07, 6.45) is 3.46. The van der Waals surface area contributed by atoms with Crippen LogP contribution in [0.2, 0.25) is 0 Å². The number of hydrogen-bond acceptors (Lipinski definition) is 3. The van der Waals surface area contributed by atoms with Crippen molar-refractivity contribution >= 4 is 23.4 Å². The second-order valence-corrected chi connectivity index (χ2v) is 4.13. The molecule has 2 heterocycles. The fourth-order valence-electron chi connectivity index (χ4n) is 2.42. The Bertz CT molecular complexity index is 561. The number of dihydropyridines is 1. The molecule has 0 bridgehead atoms.